The number of alkyl halides is 5. The largest absolute Gasteiger partial charge is 0.404 e. The fraction of sp³-hybridized carbons (Fsp3) is 0.538. The second kappa shape index (κ2) is 12.6. The van der Waals surface area contributed by atoms with Gasteiger partial charge in [0.15, 0.2) is 16.7 Å². The second-order valence-corrected chi connectivity index (χ2v) is 14.5. The highest BCUT2D eigenvalue weighted by Gasteiger charge is 2.40. The van der Waals surface area contributed by atoms with Crippen LogP contribution in [-0.2, 0) is 22.2 Å². The van der Waals surface area contributed by atoms with Gasteiger partial charge in [-0.1, -0.05) is 36.2 Å². The Morgan fingerprint density at radius 2 is 1.78 bits per heavy atom. The van der Waals surface area contributed by atoms with Gasteiger partial charge in [0.2, 0.25) is 10.0 Å². The standard InChI is InChI=1S/C26H29Cl2F5N6O4S2/c1-5-10-39-20(35-36-23(39)24(3,4)41)21-34-18(22(40)38-11-8-25(29,30)9-12-38)19(44-21)14-6-7-15(17(28)16(14)27)45(42,43)37-13(2)26(31,32)33/h6-7,13,37,41H,5,8-12H2,1-4H3/t13-/m0/s1. The Morgan fingerprint density at radius 3 is 2.33 bits per heavy atom. The van der Waals surface area contributed by atoms with Crippen molar-refractivity contribution in [1.82, 2.24) is 29.4 Å². The summed E-state index contributed by atoms with van der Waals surface area (Å²) in [5.74, 6) is -3.24. The first-order chi connectivity index (χ1) is 20.7. The summed E-state index contributed by atoms with van der Waals surface area (Å²) in [5, 5.41) is 18.1. The Morgan fingerprint density at radius 1 is 1.16 bits per heavy atom. The molecule has 3 heterocycles. The number of aromatic nitrogens is 4. The molecule has 1 aliphatic rings. The van der Waals surface area contributed by atoms with Crippen molar-refractivity contribution in [1.29, 1.82) is 0 Å². The van der Waals surface area contributed by atoms with E-state index in [4.69, 9.17) is 23.2 Å². The number of sulfonamides is 1. The van der Waals surface area contributed by atoms with Crippen molar-refractivity contribution in [2.75, 3.05) is 13.1 Å². The Kier molecular flexibility index (Phi) is 9.94. The van der Waals surface area contributed by atoms with Gasteiger partial charge in [0.25, 0.3) is 11.8 Å². The number of carbonyl (C=O) groups excluding carboxylic acids is 1. The van der Waals surface area contributed by atoms with Gasteiger partial charge in [-0.2, -0.15) is 17.9 Å². The van der Waals surface area contributed by atoms with Crippen LogP contribution in [0.25, 0.3) is 21.3 Å². The molecule has 0 saturated carbocycles. The third-order valence-corrected chi connectivity index (χ3v) is 10.6. The summed E-state index contributed by atoms with van der Waals surface area (Å²) in [5.41, 5.74) is -1.59. The normalized spacial score (nSPS) is 16.7. The molecule has 2 aromatic heterocycles. The molecule has 0 unspecified atom stereocenters. The zero-order valence-corrected chi connectivity index (χ0v) is 27.5. The number of amides is 1. The van der Waals surface area contributed by atoms with Crippen LogP contribution in [0.2, 0.25) is 10.0 Å². The summed E-state index contributed by atoms with van der Waals surface area (Å²) >= 11 is 13.7. The first-order valence-corrected chi connectivity index (χ1v) is 16.6. The maximum absolute atomic E-state index is 13.9. The summed E-state index contributed by atoms with van der Waals surface area (Å²) in [7, 11) is -4.80. The lowest BCUT2D eigenvalue weighted by molar-refractivity contribution is -0.147. The maximum atomic E-state index is 13.9. The molecule has 10 nitrogen and oxygen atoms in total. The van der Waals surface area contributed by atoms with Crippen LogP contribution in [0.5, 0.6) is 0 Å². The van der Waals surface area contributed by atoms with Crippen LogP contribution in [0, 0.1) is 0 Å². The van der Waals surface area contributed by atoms with E-state index in [2.05, 4.69) is 15.2 Å². The minimum absolute atomic E-state index is 0.0168. The van der Waals surface area contributed by atoms with E-state index in [0.717, 1.165) is 17.4 Å². The van der Waals surface area contributed by atoms with Gasteiger partial charge in [0.1, 0.15) is 22.2 Å². The third-order valence-electron chi connectivity index (χ3n) is 6.95. The zero-order valence-electron chi connectivity index (χ0n) is 24.3. The van der Waals surface area contributed by atoms with Crippen molar-refractivity contribution in [2.45, 2.75) is 82.1 Å². The quantitative estimate of drug-likeness (QED) is 0.255. The van der Waals surface area contributed by atoms with Crippen molar-refractivity contribution in [2.24, 2.45) is 0 Å². The van der Waals surface area contributed by atoms with E-state index >= 15 is 0 Å². The molecule has 4 rings (SSSR count). The van der Waals surface area contributed by atoms with Gasteiger partial charge in [-0.05, 0) is 33.3 Å². The number of hydrogen-bond acceptors (Lipinski definition) is 8. The molecule has 2 N–H and O–H groups in total. The van der Waals surface area contributed by atoms with E-state index in [9.17, 15) is 40.3 Å². The molecular formula is C26H29Cl2F5N6O4S2. The van der Waals surface area contributed by atoms with Crippen molar-refractivity contribution in [3.8, 4) is 21.3 Å². The lowest BCUT2D eigenvalue weighted by atomic mass is 10.1. The van der Waals surface area contributed by atoms with Gasteiger partial charge < -0.3 is 14.6 Å². The smallest absolute Gasteiger partial charge is 0.382 e. The highest BCUT2D eigenvalue weighted by atomic mass is 35.5. The van der Waals surface area contributed by atoms with Gasteiger partial charge >= 0.3 is 6.18 Å². The number of likely N-dealkylation sites (tertiary alicyclic amines) is 1. The van der Waals surface area contributed by atoms with Crippen LogP contribution in [0.4, 0.5) is 22.0 Å². The SMILES string of the molecule is CCCn1c(-c2nc(C(=O)N3CCC(F)(F)CC3)c(-c3ccc(S(=O)(=O)N[C@@H](C)C(F)(F)F)c(Cl)c3Cl)s2)nnc1C(C)(C)O. The zero-order chi connectivity index (χ0) is 33.7. The van der Waals surface area contributed by atoms with Crippen LogP contribution in [0.3, 0.4) is 0 Å². The van der Waals surface area contributed by atoms with E-state index in [0.29, 0.717) is 19.9 Å². The number of benzene rings is 1. The van der Waals surface area contributed by atoms with Crippen molar-refractivity contribution in [3.05, 3.63) is 33.7 Å². The lowest BCUT2D eigenvalue weighted by Crippen LogP contribution is -2.43. The minimum Gasteiger partial charge on any atom is -0.382 e. The number of nitrogens with one attached hydrogen (secondary N) is 1. The molecular weight excluding hydrogens is 690 g/mol. The summed E-state index contributed by atoms with van der Waals surface area (Å²) in [4.78, 5) is 18.8. The predicted octanol–water partition coefficient (Wildman–Crippen LogP) is 6.11. The van der Waals surface area contributed by atoms with Gasteiger partial charge in [-0.3, -0.25) is 4.79 Å². The van der Waals surface area contributed by atoms with Gasteiger partial charge in [-0.15, -0.1) is 21.5 Å². The molecule has 45 heavy (non-hydrogen) atoms. The molecule has 1 aliphatic heterocycles. The molecule has 1 amide bonds. The lowest BCUT2D eigenvalue weighted by Gasteiger charge is -2.31. The molecule has 1 saturated heterocycles. The third kappa shape index (κ3) is 7.43. The average molecular weight is 720 g/mol. The average Bonchev–Trinajstić information content (AvgIpc) is 3.54. The Labute approximate surface area is 269 Å². The second-order valence-electron chi connectivity index (χ2n) is 11.0. The first kappa shape index (κ1) is 35.4. The molecule has 1 atom stereocenters. The van der Waals surface area contributed by atoms with Crippen LogP contribution in [0.15, 0.2) is 17.0 Å². The number of nitrogens with zero attached hydrogens (tertiary/aromatic N) is 5. The summed E-state index contributed by atoms with van der Waals surface area (Å²) in [6.45, 7) is 5.38. The molecule has 3 aromatic rings. The Hall–Kier alpha value is -2.44. The topological polar surface area (TPSA) is 130 Å². The molecule has 19 heteroatoms. The maximum Gasteiger partial charge on any atom is 0.404 e. The molecule has 0 aliphatic carbocycles. The molecule has 1 aromatic carbocycles. The fourth-order valence-corrected chi connectivity index (χ4v) is 7.79. The minimum atomic E-state index is -4.88. The predicted molar refractivity (Wildman–Crippen MR) is 158 cm³/mol. The van der Waals surface area contributed by atoms with Gasteiger partial charge in [0, 0.05) is 38.0 Å². The summed E-state index contributed by atoms with van der Waals surface area (Å²) in [6, 6.07) is -0.328. The number of hydrogen-bond donors (Lipinski definition) is 2. The molecule has 248 valence electrons. The Balaban J connectivity index is 1.86. The molecule has 1 fully saturated rings. The fourth-order valence-electron chi connectivity index (χ4n) is 4.56. The number of carbonyl (C=O) groups is 1. The van der Waals surface area contributed by atoms with Crippen molar-refractivity contribution >= 4 is 50.5 Å². The van der Waals surface area contributed by atoms with E-state index < -0.39 is 67.5 Å². The van der Waals surface area contributed by atoms with E-state index in [1.165, 1.54) is 29.5 Å². The first-order valence-electron chi connectivity index (χ1n) is 13.6. The molecule has 0 bridgehead atoms. The molecule has 0 spiro atoms. The molecule has 0 radical (unpaired) electrons. The van der Waals surface area contributed by atoms with Gasteiger partial charge in [-0.25, -0.2) is 22.2 Å². The number of rotatable bonds is 9. The number of piperidine rings is 1. The van der Waals surface area contributed by atoms with Crippen molar-refractivity contribution in [3.63, 3.8) is 0 Å². The summed E-state index contributed by atoms with van der Waals surface area (Å²) in [6.07, 6.45) is -5.39. The van der Waals surface area contributed by atoms with Crippen LogP contribution in [-0.4, -0.2) is 75.3 Å². The van der Waals surface area contributed by atoms with E-state index in [-0.39, 0.29) is 45.9 Å². The van der Waals surface area contributed by atoms with E-state index in [1.54, 1.807) is 4.57 Å². The summed E-state index contributed by atoms with van der Waals surface area (Å²) < 4.78 is 95.7. The number of thiazole rings is 1. The highest BCUT2D eigenvalue weighted by molar-refractivity contribution is 7.89. The highest BCUT2D eigenvalue weighted by Crippen LogP contribution is 2.44. The van der Waals surface area contributed by atoms with Gasteiger partial charge in [0.05, 0.1) is 14.9 Å². The number of aliphatic hydroxyl groups is 1. The van der Waals surface area contributed by atoms with Crippen molar-refractivity contribution < 1.29 is 40.3 Å². The number of halogens is 7. The van der Waals surface area contributed by atoms with Crippen LogP contribution in [0.1, 0.15) is 63.3 Å². The Bertz CT molecular complexity index is 1700. The van der Waals surface area contributed by atoms with E-state index in [1.807, 2.05) is 6.92 Å². The van der Waals surface area contributed by atoms with Crippen LogP contribution < -0.4 is 4.72 Å². The van der Waals surface area contributed by atoms with Crippen LogP contribution >= 0.6 is 34.5 Å². The monoisotopic (exact) mass is 718 g/mol.